The van der Waals surface area contributed by atoms with E-state index in [0.29, 0.717) is 22.8 Å². The molecular formula is C15H15ClN2O. The summed E-state index contributed by atoms with van der Waals surface area (Å²) in [5, 5.41) is 3.30. The van der Waals surface area contributed by atoms with Crippen molar-refractivity contribution in [2.24, 2.45) is 5.73 Å². The fraction of sp³-hybridized carbons (Fsp3) is 0.133. The van der Waals surface area contributed by atoms with Gasteiger partial charge in [-0.2, -0.15) is 0 Å². The number of aryl methyl sites for hydroxylation is 1. The van der Waals surface area contributed by atoms with E-state index in [4.69, 9.17) is 17.3 Å². The number of carbonyl (C=O) groups excluding carboxylic acids is 1. The molecule has 0 bridgehead atoms. The van der Waals surface area contributed by atoms with Crippen LogP contribution in [0.3, 0.4) is 0 Å². The van der Waals surface area contributed by atoms with E-state index >= 15 is 0 Å². The standard InChI is InChI=1S/C15H15ClN2O/c1-10-4-2-7-13(14(10)16)15(19)18-12-6-3-5-11(8-12)9-17/h2-8H,9,17H2,1H3,(H,18,19). The maximum absolute atomic E-state index is 12.2. The van der Waals surface area contributed by atoms with E-state index in [2.05, 4.69) is 5.32 Å². The predicted octanol–water partition coefficient (Wildman–Crippen LogP) is 3.36. The number of hydrogen-bond donors (Lipinski definition) is 2. The van der Waals surface area contributed by atoms with E-state index in [1.807, 2.05) is 43.3 Å². The first-order chi connectivity index (χ1) is 9.11. The van der Waals surface area contributed by atoms with E-state index in [9.17, 15) is 4.79 Å². The molecule has 4 heteroatoms. The van der Waals surface area contributed by atoms with Gasteiger partial charge in [0.1, 0.15) is 0 Å². The molecule has 3 nitrogen and oxygen atoms in total. The van der Waals surface area contributed by atoms with Gasteiger partial charge >= 0.3 is 0 Å². The van der Waals surface area contributed by atoms with Crippen LogP contribution in [0.25, 0.3) is 0 Å². The number of halogens is 1. The average Bonchev–Trinajstić information content (AvgIpc) is 2.42. The molecule has 0 unspecified atom stereocenters. The van der Waals surface area contributed by atoms with Crippen molar-refractivity contribution in [3.05, 3.63) is 64.2 Å². The van der Waals surface area contributed by atoms with Crippen LogP contribution >= 0.6 is 11.6 Å². The first kappa shape index (κ1) is 13.6. The van der Waals surface area contributed by atoms with Crippen LogP contribution in [-0.2, 0) is 6.54 Å². The number of rotatable bonds is 3. The van der Waals surface area contributed by atoms with Crippen LogP contribution in [0.1, 0.15) is 21.5 Å². The Bertz CT molecular complexity index is 611. The molecule has 0 spiro atoms. The molecule has 0 aliphatic carbocycles. The molecule has 1 amide bonds. The molecule has 19 heavy (non-hydrogen) atoms. The summed E-state index contributed by atoms with van der Waals surface area (Å²) in [6.45, 7) is 2.31. The van der Waals surface area contributed by atoms with Gasteiger partial charge in [-0.3, -0.25) is 4.79 Å². The van der Waals surface area contributed by atoms with Gasteiger partial charge in [-0.1, -0.05) is 35.9 Å². The maximum atomic E-state index is 12.2. The second kappa shape index (κ2) is 5.87. The average molecular weight is 275 g/mol. The number of anilines is 1. The summed E-state index contributed by atoms with van der Waals surface area (Å²) in [4.78, 5) is 12.2. The minimum atomic E-state index is -0.220. The van der Waals surface area contributed by atoms with Gasteiger partial charge in [-0.25, -0.2) is 0 Å². The van der Waals surface area contributed by atoms with Crippen LogP contribution in [0.15, 0.2) is 42.5 Å². The van der Waals surface area contributed by atoms with Crippen LogP contribution in [-0.4, -0.2) is 5.91 Å². The molecule has 0 saturated heterocycles. The van der Waals surface area contributed by atoms with Gasteiger partial charge in [0.25, 0.3) is 5.91 Å². The largest absolute Gasteiger partial charge is 0.326 e. The summed E-state index contributed by atoms with van der Waals surface area (Å²) < 4.78 is 0. The van der Waals surface area contributed by atoms with Crippen molar-refractivity contribution in [1.82, 2.24) is 0 Å². The van der Waals surface area contributed by atoms with Crippen molar-refractivity contribution >= 4 is 23.2 Å². The highest BCUT2D eigenvalue weighted by atomic mass is 35.5. The van der Waals surface area contributed by atoms with Gasteiger partial charge in [0.2, 0.25) is 0 Å². The van der Waals surface area contributed by atoms with E-state index in [1.165, 1.54) is 0 Å². The van der Waals surface area contributed by atoms with E-state index in [-0.39, 0.29) is 5.91 Å². The smallest absolute Gasteiger partial charge is 0.257 e. The van der Waals surface area contributed by atoms with Crippen LogP contribution < -0.4 is 11.1 Å². The topological polar surface area (TPSA) is 55.1 Å². The summed E-state index contributed by atoms with van der Waals surface area (Å²) in [5.41, 5.74) is 8.60. The van der Waals surface area contributed by atoms with Crippen LogP contribution in [0.2, 0.25) is 5.02 Å². The molecule has 0 radical (unpaired) electrons. The normalized spacial score (nSPS) is 10.3. The Morgan fingerprint density at radius 1 is 1.26 bits per heavy atom. The fourth-order valence-corrected chi connectivity index (χ4v) is 2.01. The lowest BCUT2D eigenvalue weighted by Crippen LogP contribution is -2.13. The fourth-order valence-electron chi connectivity index (χ4n) is 1.80. The zero-order valence-electron chi connectivity index (χ0n) is 10.6. The molecule has 2 aromatic rings. The summed E-state index contributed by atoms with van der Waals surface area (Å²) in [7, 11) is 0. The quantitative estimate of drug-likeness (QED) is 0.902. The first-order valence-corrected chi connectivity index (χ1v) is 6.35. The van der Waals surface area contributed by atoms with Gasteiger partial charge in [0.15, 0.2) is 0 Å². The lowest BCUT2D eigenvalue weighted by Gasteiger charge is -2.09. The second-order valence-corrected chi connectivity index (χ2v) is 4.67. The molecule has 0 aliphatic rings. The predicted molar refractivity (Wildman–Crippen MR) is 78.5 cm³/mol. The SMILES string of the molecule is Cc1cccc(C(=O)Nc2cccc(CN)c2)c1Cl. The zero-order valence-corrected chi connectivity index (χ0v) is 11.4. The monoisotopic (exact) mass is 274 g/mol. The minimum absolute atomic E-state index is 0.220. The van der Waals surface area contributed by atoms with E-state index in [0.717, 1.165) is 11.1 Å². The van der Waals surface area contributed by atoms with Gasteiger partial charge in [0.05, 0.1) is 10.6 Å². The Hall–Kier alpha value is -1.84. The Kier molecular flexibility index (Phi) is 4.20. The third-order valence-electron chi connectivity index (χ3n) is 2.86. The molecule has 0 heterocycles. The first-order valence-electron chi connectivity index (χ1n) is 5.97. The number of benzene rings is 2. The van der Waals surface area contributed by atoms with Crippen LogP contribution in [0.5, 0.6) is 0 Å². The molecule has 0 saturated carbocycles. The minimum Gasteiger partial charge on any atom is -0.326 e. The third kappa shape index (κ3) is 3.13. The highest BCUT2D eigenvalue weighted by Crippen LogP contribution is 2.21. The van der Waals surface area contributed by atoms with Gasteiger partial charge in [0, 0.05) is 12.2 Å². The zero-order chi connectivity index (χ0) is 13.8. The van der Waals surface area contributed by atoms with E-state index in [1.54, 1.807) is 6.07 Å². The van der Waals surface area contributed by atoms with Crippen LogP contribution in [0, 0.1) is 6.92 Å². The van der Waals surface area contributed by atoms with Gasteiger partial charge in [-0.15, -0.1) is 0 Å². The van der Waals surface area contributed by atoms with Crippen molar-refractivity contribution in [1.29, 1.82) is 0 Å². The summed E-state index contributed by atoms with van der Waals surface area (Å²) in [5.74, 6) is -0.220. The summed E-state index contributed by atoms with van der Waals surface area (Å²) in [6.07, 6.45) is 0. The number of amides is 1. The Morgan fingerprint density at radius 2 is 2.00 bits per heavy atom. The summed E-state index contributed by atoms with van der Waals surface area (Å²) >= 11 is 6.13. The third-order valence-corrected chi connectivity index (χ3v) is 3.36. The van der Waals surface area contributed by atoms with Crippen molar-refractivity contribution < 1.29 is 4.79 Å². The summed E-state index contributed by atoms with van der Waals surface area (Å²) in [6, 6.07) is 12.8. The van der Waals surface area contributed by atoms with E-state index < -0.39 is 0 Å². The lowest BCUT2D eigenvalue weighted by molar-refractivity contribution is 0.102. The molecule has 0 aromatic heterocycles. The van der Waals surface area contributed by atoms with Crippen molar-refractivity contribution in [2.75, 3.05) is 5.32 Å². The molecule has 2 rings (SSSR count). The van der Waals surface area contributed by atoms with Gasteiger partial charge < -0.3 is 11.1 Å². The second-order valence-electron chi connectivity index (χ2n) is 4.30. The molecule has 0 aliphatic heterocycles. The highest BCUT2D eigenvalue weighted by Gasteiger charge is 2.11. The molecule has 3 N–H and O–H groups in total. The number of nitrogens with two attached hydrogens (primary N) is 1. The number of carbonyl (C=O) groups is 1. The number of nitrogens with one attached hydrogen (secondary N) is 1. The number of hydrogen-bond acceptors (Lipinski definition) is 2. The molecule has 0 atom stereocenters. The molecular weight excluding hydrogens is 260 g/mol. The molecule has 98 valence electrons. The highest BCUT2D eigenvalue weighted by molar-refractivity contribution is 6.35. The Morgan fingerprint density at radius 3 is 2.74 bits per heavy atom. The molecule has 2 aromatic carbocycles. The maximum Gasteiger partial charge on any atom is 0.257 e. The van der Waals surface area contributed by atoms with Gasteiger partial charge in [-0.05, 0) is 36.2 Å². The lowest BCUT2D eigenvalue weighted by atomic mass is 10.1. The van der Waals surface area contributed by atoms with Crippen molar-refractivity contribution in [3.8, 4) is 0 Å². The Balaban J connectivity index is 2.23. The van der Waals surface area contributed by atoms with Crippen LogP contribution in [0.4, 0.5) is 5.69 Å². The van der Waals surface area contributed by atoms with Crippen molar-refractivity contribution in [3.63, 3.8) is 0 Å². The molecule has 0 fully saturated rings. The Labute approximate surface area is 117 Å². The van der Waals surface area contributed by atoms with Crippen molar-refractivity contribution in [2.45, 2.75) is 13.5 Å².